The molecule has 8 nitrogen and oxygen atoms in total. The van der Waals surface area contributed by atoms with Crippen LogP contribution in [0.3, 0.4) is 0 Å². The molecule has 0 atom stereocenters. The molecule has 0 aliphatic heterocycles. The second-order valence-electron chi connectivity index (χ2n) is 6.77. The molecular formula is C20H20N6O2S. The summed E-state index contributed by atoms with van der Waals surface area (Å²) in [5.74, 6) is 0.659. The zero-order valence-corrected chi connectivity index (χ0v) is 17.0. The molecule has 2 aromatic heterocycles. The van der Waals surface area contributed by atoms with Crippen LogP contribution < -0.4 is 10.3 Å². The third kappa shape index (κ3) is 3.82. The van der Waals surface area contributed by atoms with Crippen molar-refractivity contribution >= 4 is 26.9 Å². The van der Waals surface area contributed by atoms with Crippen LogP contribution in [0.25, 0.3) is 16.9 Å². The fraction of sp³-hybridized carbons (Fsp3) is 0.150. The van der Waals surface area contributed by atoms with Gasteiger partial charge in [-0.1, -0.05) is 29.8 Å². The molecule has 4 rings (SSSR count). The average molecular weight is 408 g/mol. The number of fused-ring (bicyclic) bond motifs is 1. The van der Waals surface area contributed by atoms with Gasteiger partial charge in [-0.25, -0.2) is 23.1 Å². The molecule has 0 aliphatic rings. The van der Waals surface area contributed by atoms with Gasteiger partial charge in [0.15, 0.2) is 11.6 Å². The molecule has 2 aromatic carbocycles. The minimum Gasteiger partial charge on any atom is -0.289 e. The summed E-state index contributed by atoms with van der Waals surface area (Å²) < 4.78 is 26.9. The largest absolute Gasteiger partial charge is 0.289 e. The van der Waals surface area contributed by atoms with Gasteiger partial charge in [-0.05, 0) is 51.1 Å². The van der Waals surface area contributed by atoms with Crippen LogP contribution in [0, 0.1) is 20.8 Å². The van der Waals surface area contributed by atoms with Crippen LogP contribution in [0.1, 0.15) is 17.0 Å². The Balaban J connectivity index is 1.75. The highest BCUT2D eigenvalue weighted by Crippen LogP contribution is 2.22. The Hall–Kier alpha value is -3.30. The number of nitrogens with zero attached hydrogens (tertiary/aromatic N) is 4. The van der Waals surface area contributed by atoms with E-state index in [4.69, 9.17) is 0 Å². The Morgan fingerprint density at radius 2 is 1.55 bits per heavy atom. The summed E-state index contributed by atoms with van der Waals surface area (Å²) in [4.78, 5) is 11.7. The summed E-state index contributed by atoms with van der Waals surface area (Å²) in [5.41, 5.74) is 6.69. The molecule has 0 unspecified atom stereocenters. The van der Waals surface area contributed by atoms with Crippen LogP contribution in [0.4, 0.5) is 5.82 Å². The SMILES string of the molecule is Cc1ccc(S(=O)(=O)NNc2nc3ccccc3nc2-n2nc(C)cc2C)cc1. The fourth-order valence-electron chi connectivity index (χ4n) is 2.96. The maximum atomic E-state index is 12.7. The van der Waals surface area contributed by atoms with Crippen LogP contribution in [0.2, 0.25) is 0 Å². The van der Waals surface area contributed by atoms with E-state index in [0.29, 0.717) is 16.9 Å². The lowest BCUT2D eigenvalue weighted by Gasteiger charge is -2.14. The van der Waals surface area contributed by atoms with Crippen molar-refractivity contribution in [1.82, 2.24) is 24.6 Å². The number of hydrogen-bond donors (Lipinski definition) is 2. The lowest BCUT2D eigenvalue weighted by molar-refractivity contribution is 0.587. The van der Waals surface area contributed by atoms with E-state index >= 15 is 0 Å². The molecule has 0 aliphatic carbocycles. The van der Waals surface area contributed by atoms with Gasteiger partial charge in [-0.3, -0.25) is 5.43 Å². The van der Waals surface area contributed by atoms with Crippen LogP contribution in [-0.2, 0) is 10.0 Å². The molecule has 0 spiro atoms. The third-order valence-electron chi connectivity index (χ3n) is 4.40. The van der Waals surface area contributed by atoms with E-state index in [1.165, 1.54) is 0 Å². The van der Waals surface area contributed by atoms with Crippen molar-refractivity contribution < 1.29 is 8.42 Å². The number of nitrogens with one attached hydrogen (secondary N) is 2. The number of aryl methyl sites for hydroxylation is 3. The maximum Gasteiger partial charge on any atom is 0.257 e. The van der Waals surface area contributed by atoms with E-state index in [0.717, 1.165) is 17.0 Å². The van der Waals surface area contributed by atoms with Crippen molar-refractivity contribution in [1.29, 1.82) is 0 Å². The standard InChI is InChI=1S/C20H20N6O2S/c1-13-8-10-16(11-9-13)29(27,28)25-23-19-20(26-15(3)12-14(2)24-26)22-18-7-5-4-6-17(18)21-19/h4-12,25H,1-3H3,(H,21,23). The summed E-state index contributed by atoms with van der Waals surface area (Å²) in [6.07, 6.45) is 0. The summed E-state index contributed by atoms with van der Waals surface area (Å²) in [7, 11) is -3.79. The Morgan fingerprint density at radius 3 is 2.17 bits per heavy atom. The number of sulfonamides is 1. The fourth-order valence-corrected chi connectivity index (χ4v) is 3.80. The summed E-state index contributed by atoms with van der Waals surface area (Å²) in [5, 5.41) is 4.46. The number of benzene rings is 2. The first-order valence-electron chi connectivity index (χ1n) is 8.98. The number of anilines is 1. The van der Waals surface area contributed by atoms with Gasteiger partial charge in [0.2, 0.25) is 0 Å². The van der Waals surface area contributed by atoms with E-state index in [2.05, 4.69) is 25.3 Å². The molecule has 0 saturated carbocycles. The second-order valence-corrected chi connectivity index (χ2v) is 8.45. The maximum absolute atomic E-state index is 12.7. The van der Waals surface area contributed by atoms with Crippen molar-refractivity contribution in [3.63, 3.8) is 0 Å². The minimum absolute atomic E-state index is 0.150. The number of para-hydroxylation sites is 2. The zero-order valence-electron chi connectivity index (χ0n) is 16.2. The molecule has 4 aromatic rings. The molecular weight excluding hydrogens is 388 g/mol. The highest BCUT2D eigenvalue weighted by Gasteiger charge is 2.18. The second kappa shape index (κ2) is 7.26. The lowest BCUT2D eigenvalue weighted by Crippen LogP contribution is -2.31. The Bertz CT molecular complexity index is 1300. The van der Waals surface area contributed by atoms with Gasteiger partial charge in [-0.15, -0.1) is 4.83 Å². The molecule has 0 fully saturated rings. The molecule has 9 heteroatoms. The Labute approximate surface area is 168 Å². The minimum atomic E-state index is -3.79. The van der Waals surface area contributed by atoms with Gasteiger partial charge in [-0.2, -0.15) is 5.10 Å². The van der Waals surface area contributed by atoms with E-state index < -0.39 is 10.0 Å². The lowest BCUT2D eigenvalue weighted by atomic mass is 10.2. The predicted molar refractivity (Wildman–Crippen MR) is 111 cm³/mol. The Kier molecular flexibility index (Phi) is 4.77. The third-order valence-corrected chi connectivity index (χ3v) is 5.66. The topological polar surface area (TPSA) is 102 Å². The first-order chi connectivity index (χ1) is 13.8. The van der Waals surface area contributed by atoms with Crippen LogP contribution in [0.15, 0.2) is 59.5 Å². The van der Waals surface area contributed by atoms with Crippen molar-refractivity contribution in [2.45, 2.75) is 25.7 Å². The van der Waals surface area contributed by atoms with Gasteiger partial charge in [0.05, 0.1) is 21.6 Å². The van der Waals surface area contributed by atoms with Gasteiger partial charge in [0, 0.05) is 5.69 Å². The van der Waals surface area contributed by atoms with Crippen molar-refractivity contribution in [2.24, 2.45) is 0 Å². The van der Waals surface area contributed by atoms with Gasteiger partial charge < -0.3 is 0 Å². The van der Waals surface area contributed by atoms with Crippen LogP contribution in [-0.4, -0.2) is 28.2 Å². The van der Waals surface area contributed by atoms with Gasteiger partial charge in [0.1, 0.15) is 0 Å². The summed E-state index contributed by atoms with van der Waals surface area (Å²) >= 11 is 0. The number of hydrazine groups is 1. The summed E-state index contributed by atoms with van der Waals surface area (Å²) in [6, 6.07) is 15.9. The molecule has 0 amide bonds. The monoisotopic (exact) mass is 408 g/mol. The van der Waals surface area contributed by atoms with Crippen LogP contribution >= 0.6 is 0 Å². The zero-order chi connectivity index (χ0) is 20.6. The predicted octanol–water partition coefficient (Wildman–Crippen LogP) is 3.05. The molecule has 148 valence electrons. The molecule has 0 saturated heterocycles. The van der Waals surface area contributed by atoms with E-state index in [1.54, 1.807) is 28.9 Å². The number of rotatable bonds is 5. The first-order valence-corrected chi connectivity index (χ1v) is 10.5. The van der Waals surface area contributed by atoms with Crippen molar-refractivity contribution in [2.75, 3.05) is 5.43 Å². The quantitative estimate of drug-likeness (QED) is 0.492. The first kappa shape index (κ1) is 19.0. The normalized spacial score (nSPS) is 11.7. The number of hydrogen-bond acceptors (Lipinski definition) is 6. The smallest absolute Gasteiger partial charge is 0.257 e. The van der Waals surface area contributed by atoms with E-state index in [9.17, 15) is 8.42 Å². The molecule has 2 heterocycles. The van der Waals surface area contributed by atoms with E-state index in [-0.39, 0.29) is 10.7 Å². The molecule has 0 radical (unpaired) electrons. The highest BCUT2D eigenvalue weighted by atomic mass is 32.2. The number of aromatic nitrogens is 4. The van der Waals surface area contributed by atoms with Crippen molar-refractivity contribution in [3.05, 3.63) is 71.5 Å². The molecule has 2 N–H and O–H groups in total. The van der Waals surface area contributed by atoms with Crippen LogP contribution in [0.5, 0.6) is 0 Å². The average Bonchev–Trinajstić information content (AvgIpc) is 3.04. The summed E-state index contributed by atoms with van der Waals surface area (Å²) in [6.45, 7) is 5.68. The van der Waals surface area contributed by atoms with Gasteiger partial charge in [0.25, 0.3) is 10.0 Å². The highest BCUT2D eigenvalue weighted by molar-refractivity contribution is 7.89. The van der Waals surface area contributed by atoms with Gasteiger partial charge >= 0.3 is 0 Å². The molecule has 0 bridgehead atoms. The Morgan fingerprint density at radius 1 is 0.897 bits per heavy atom. The van der Waals surface area contributed by atoms with E-state index in [1.807, 2.05) is 51.1 Å². The molecule has 29 heavy (non-hydrogen) atoms. The van der Waals surface area contributed by atoms with Crippen molar-refractivity contribution in [3.8, 4) is 5.82 Å².